The maximum atomic E-state index is 11.4. The Morgan fingerprint density at radius 1 is 1.18 bits per heavy atom. The van der Waals surface area contributed by atoms with Crippen LogP contribution >= 0.6 is 0 Å². The Morgan fingerprint density at radius 3 is 2.18 bits per heavy atom. The fraction of sp³-hybridized carbons (Fsp3) is 0.429. The number of carbonyl (C=O) groups excluding carboxylic acids is 2. The fourth-order valence-electron chi connectivity index (χ4n) is 1.33. The van der Waals surface area contributed by atoms with E-state index in [1.165, 1.54) is 13.8 Å². The lowest BCUT2D eigenvalue weighted by Gasteiger charge is -2.24. The number of hydrogen-bond donors (Lipinski definition) is 0. The van der Waals surface area contributed by atoms with Crippen LogP contribution in [0.5, 0.6) is 5.75 Å². The van der Waals surface area contributed by atoms with Crippen LogP contribution in [0.3, 0.4) is 0 Å². The largest absolute Gasteiger partial charge is 0.480 e. The second kappa shape index (κ2) is 4.70. The minimum absolute atomic E-state index is 0.0190. The average molecular weight is 234 g/mol. The number of ether oxygens (including phenoxy) is 1. The molecule has 0 bridgehead atoms. The molecule has 0 aliphatic carbocycles. The maximum Gasteiger partial charge on any atom is 0.172 e. The maximum absolute atomic E-state index is 11.4. The van der Waals surface area contributed by atoms with Gasteiger partial charge in [-0.05, 0) is 58.4 Å². The number of aryl methyl sites for hydroxylation is 1. The highest BCUT2D eigenvalue weighted by atomic mass is 16.5. The van der Waals surface area contributed by atoms with Crippen LogP contribution in [-0.2, 0) is 4.79 Å². The summed E-state index contributed by atoms with van der Waals surface area (Å²) in [5.74, 6) is 0.619. The Hall–Kier alpha value is -1.64. The first kappa shape index (κ1) is 13.4. The van der Waals surface area contributed by atoms with E-state index in [2.05, 4.69) is 0 Å². The summed E-state index contributed by atoms with van der Waals surface area (Å²) < 4.78 is 5.67. The Balaban J connectivity index is 3.02. The standard InChI is InChI=1S/C14H18O3/c1-9-8-12(10(2)15)6-7-13(9)17-14(4,5)11(3)16/h6-8H,1-5H3. The molecule has 3 heteroatoms. The van der Waals surface area contributed by atoms with Gasteiger partial charge in [-0.15, -0.1) is 0 Å². The minimum atomic E-state index is -0.845. The van der Waals surface area contributed by atoms with Crippen molar-refractivity contribution in [2.75, 3.05) is 0 Å². The predicted molar refractivity (Wildman–Crippen MR) is 66.6 cm³/mol. The van der Waals surface area contributed by atoms with Crippen molar-refractivity contribution in [1.29, 1.82) is 0 Å². The normalized spacial score (nSPS) is 11.1. The van der Waals surface area contributed by atoms with Crippen LogP contribution in [0.15, 0.2) is 18.2 Å². The quantitative estimate of drug-likeness (QED) is 0.752. The van der Waals surface area contributed by atoms with Gasteiger partial charge in [-0.25, -0.2) is 0 Å². The third-order valence-corrected chi connectivity index (χ3v) is 2.79. The number of rotatable bonds is 4. The molecule has 92 valence electrons. The highest BCUT2D eigenvalue weighted by molar-refractivity contribution is 5.94. The molecule has 0 unspecified atom stereocenters. The van der Waals surface area contributed by atoms with Crippen molar-refractivity contribution in [3.8, 4) is 5.75 Å². The summed E-state index contributed by atoms with van der Waals surface area (Å²) in [6, 6.07) is 5.21. The molecule has 1 rings (SSSR count). The summed E-state index contributed by atoms with van der Waals surface area (Å²) in [5.41, 5.74) is 0.658. The molecular formula is C14H18O3. The first-order valence-corrected chi connectivity index (χ1v) is 5.55. The van der Waals surface area contributed by atoms with Crippen molar-refractivity contribution in [3.63, 3.8) is 0 Å². The van der Waals surface area contributed by atoms with E-state index < -0.39 is 5.60 Å². The van der Waals surface area contributed by atoms with Gasteiger partial charge >= 0.3 is 0 Å². The molecule has 0 N–H and O–H groups in total. The van der Waals surface area contributed by atoms with Crippen LogP contribution in [0.4, 0.5) is 0 Å². The zero-order valence-corrected chi connectivity index (χ0v) is 11.0. The van der Waals surface area contributed by atoms with Crippen molar-refractivity contribution in [2.45, 2.75) is 40.2 Å². The molecule has 0 radical (unpaired) electrons. The topological polar surface area (TPSA) is 43.4 Å². The lowest BCUT2D eigenvalue weighted by molar-refractivity contribution is -0.129. The van der Waals surface area contributed by atoms with E-state index in [4.69, 9.17) is 4.74 Å². The lowest BCUT2D eigenvalue weighted by Crippen LogP contribution is -2.36. The molecule has 17 heavy (non-hydrogen) atoms. The molecule has 0 atom stereocenters. The van der Waals surface area contributed by atoms with E-state index in [0.29, 0.717) is 11.3 Å². The summed E-state index contributed by atoms with van der Waals surface area (Å²) in [6.07, 6.45) is 0. The van der Waals surface area contributed by atoms with Gasteiger partial charge in [0.2, 0.25) is 0 Å². The van der Waals surface area contributed by atoms with Crippen molar-refractivity contribution in [3.05, 3.63) is 29.3 Å². The summed E-state index contributed by atoms with van der Waals surface area (Å²) in [7, 11) is 0. The highest BCUT2D eigenvalue weighted by Gasteiger charge is 2.26. The number of ketones is 2. The zero-order chi connectivity index (χ0) is 13.2. The Kier molecular flexibility index (Phi) is 3.71. The van der Waals surface area contributed by atoms with Gasteiger partial charge in [0.25, 0.3) is 0 Å². The van der Waals surface area contributed by atoms with E-state index in [9.17, 15) is 9.59 Å². The number of Topliss-reactive ketones (excluding diaryl/α,β-unsaturated/α-hetero) is 2. The SMILES string of the molecule is CC(=O)c1ccc(OC(C)(C)C(C)=O)c(C)c1. The van der Waals surface area contributed by atoms with Crippen LogP contribution in [0, 0.1) is 6.92 Å². The third-order valence-electron chi connectivity index (χ3n) is 2.79. The van der Waals surface area contributed by atoms with E-state index >= 15 is 0 Å². The zero-order valence-electron chi connectivity index (χ0n) is 11.0. The molecule has 0 fully saturated rings. The van der Waals surface area contributed by atoms with Gasteiger partial charge in [0, 0.05) is 5.56 Å². The Morgan fingerprint density at radius 2 is 1.76 bits per heavy atom. The molecule has 0 aliphatic rings. The molecule has 0 saturated carbocycles. The molecule has 3 nitrogen and oxygen atoms in total. The van der Waals surface area contributed by atoms with Crippen LogP contribution in [-0.4, -0.2) is 17.2 Å². The van der Waals surface area contributed by atoms with Crippen LogP contribution in [0.2, 0.25) is 0 Å². The predicted octanol–water partition coefficient (Wildman–Crippen LogP) is 2.94. The van der Waals surface area contributed by atoms with E-state index in [1.807, 2.05) is 6.92 Å². The molecule has 0 aromatic heterocycles. The van der Waals surface area contributed by atoms with Crippen LogP contribution in [0.1, 0.15) is 43.6 Å². The first-order chi connectivity index (χ1) is 7.74. The molecule has 1 aromatic rings. The second-order valence-corrected chi connectivity index (χ2v) is 4.71. The van der Waals surface area contributed by atoms with Gasteiger partial charge < -0.3 is 4.74 Å². The number of benzene rings is 1. The fourth-order valence-corrected chi connectivity index (χ4v) is 1.33. The van der Waals surface area contributed by atoms with Gasteiger partial charge in [0.05, 0.1) is 0 Å². The van der Waals surface area contributed by atoms with E-state index in [0.717, 1.165) is 5.56 Å². The molecule has 0 heterocycles. The van der Waals surface area contributed by atoms with Crippen LogP contribution in [0.25, 0.3) is 0 Å². The Bertz CT molecular complexity index is 459. The number of carbonyl (C=O) groups is 2. The molecule has 1 aromatic carbocycles. The summed E-state index contributed by atoms with van der Waals surface area (Å²) in [5, 5.41) is 0. The van der Waals surface area contributed by atoms with Gasteiger partial charge in [-0.2, -0.15) is 0 Å². The first-order valence-electron chi connectivity index (χ1n) is 5.55. The van der Waals surface area contributed by atoms with Crippen molar-refractivity contribution < 1.29 is 14.3 Å². The Labute approximate surface area is 102 Å². The summed E-state index contributed by atoms with van der Waals surface area (Å²) >= 11 is 0. The van der Waals surface area contributed by atoms with Gasteiger partial charge in [0.15, 0.2) is 17.2 Å². The highest BCUT2D eigenvalue weighted by Crippen LogP contribution is 2.24. The third kappa shape index (κ3) is 3.16. The molecule has 0 aliphatic heterocycles. The van der Waals surface area contributed by atoms with Gasteiger partial charge in [-0.1, -0.05) is 0 Å². The summed E-state index contributed by atoms with van der Waals surface area (Å²) in [6.45, 7) is 8.34. The van der Waals surface area contributed by atoms with E-state index in [-0.39, 0.29) is 11.6 Å². The molecule has 0 amide bonds. The monoisotopic (exact) mass is 234 g/mol. The molecular weight excluding hydrogens is 216 g/mol. The van der Waals surface area contributed by atoms with Crippen molar-refractivity contribution >= 4 is 11.6 Å². The summed E-state index contributed by atoms with van der Waals surface area (Å²) in [4.78, 5) is 22.6. The van der Waals surface area contributed by atoms with Crippen molar-refractivity contribution in [2.24, 2.45) is 0 Å². The van der Waals surface area contributed by atoms with Crippen LogP contribution < -0.4 is 4.74 Å². The smallest absolute Gasteiger partial charge is 0.172 e. The van der Waals surface area contributed by atoms with Gasteiger partial charge in [0.1, 0.15) is 5.75 Å². The van der Waals surface area contributed by atoms with E-state index in [1.54, 1.807) is 32.0 Å². The molecule has 0 spiro atoms. The van der Waals surface area contributed by atoms with Crippen molar-refractivity contribution in [1.82, 2.24) is 0 Å². The lowest BCUT2D eigenvalue weighted by atomic mass is 10.0. The van der Waals surface area contributed by atoms with Gasteiger partial charge in [-0.3, -0.25) is 9.59 Å². The molecule has 0 saturated heterocycles. The average Bonchev–Trinajstić information content (AvgIpc) is 2.20. The second-order valence-electron chi connectivity index (χ2n) is 4.71. The number of hydrogen-bond acceptors (Lipinski definition) is 3. The minimum Gasteiger partial charge on any atom is -0.480 e.